The highest BCUT2D eigenvalue weighted by molar-refractivity contribution is 6.21. The number of hydrogen-bond acceptors (Lipinski definition) is 4. The van der Waals surface area contributed by atoms with Crippen molar-refractivity contribution in [1.29, 1.82) is 0 Å². The van der Waals surface area contributed by atoms with Crippen LogP contribution in [0, 0.1) is 0 Å². The predicted molar refractivity (Wildman–Crippen MR) is 74.1 cm³/mol. The zero-order valence-electron chi connectivity index (χ0n) is 10.4. The zero-order chi connectivity index (χ0) is 13.1. The van der Waals surface area contributed by atoms with Crippen molar-refractivity contribution in [3.05, 3.63) is 47.7 Å². The lowest BCUT2D eigenvalue weighted by Gasteiger charge is -2.09. The second-order valence-electron chi connectivity index (χ2n) is 4.09. The summed E-state index contributed by atoms with van der Waals surface area (Å²) in [5, 5.41) is 3.04. The van der Waals surface area contributed by atoms with Gasteiger partial charge in [-0.2, -0.15) is 0 Å². The van der Waals surface area contributed by atoms with E-state index in [-0.39, 0.29) is 5.78 Å². The lowest BCUT2D eigenvalue weighted by atomic mass is 10.0. The van der Waals surface area contributed by atoms with Crippen molar-refractivity contribution in [2.75, 3.05) is 12.4 Å². The predicted octanol–water partition coefficient (Wildman–Crippen LogP) is 2.17. The standard InChI is InChI=1S/C14H15N3O/c1-9-7-13(12(15)8-14(9)18)17-11-5-3-10(16-2)4-6-11/h3-8,16H,15H2,1-2H3. The molecule has 0 aromatic heterocycles. The number of carbonyl (C=O) groups excluding carboxylic acids is 1. The van der Waals surface area contributed by atoms with Gasteiger partial charge in [0.1, 0.15) is 0 Å². The summed E-state index contributed by atoms with van der Waals surface area (Å²) in [7, 11) is 1.86. The lowest BCUT2D eigenvalue weighted by molar-refractivity contribution is -0.111. The first kappa shape index (κ1) is 12.1. The van der Waals surface area contributed by atoms with E-state index < -0.39 is 0 Å². The Morgan fingerprint density at radius 2 is 1.83 bits per heavy atom. The molecule has 92 valence electrons. The van der Waals surface area contributed by atoms with Crippen LogP contribution >= 0.6 is 0 Å². The first-order valence-corrected chi connectivity index (χ1v) is 5.67. The van der Waals surface area contributed by atoms with E-state index in [4.69, 9.17) is 5.73 Å². The monoisotopic (exact) mass is 241 g/mol. The number of allylic oxidation sites excluding steroid dienone is 3. The first-order valence-electron chi connectivity index (χ1n) is 5.67. The third-order valence-electron chi connectivity index (χ3n) is 2.73. The summed E-state index contributed by atoms with van der Waals surface area (Å²) in [4.78, 5) is 15.8. The van der Waals surface area contributed by atoms with Crippen molar-refractivity contribution < 1.29 is 4.79 Å². The summed E-state index contributed by atoms with van der Waals surface area (Å²) < 4.78 is 0. The largest absolute Gasteiger partial charge is 0.397 e. The maximum Gasteiger partial charge on any atom is 0.183 e. The number of benzene rings is 1. The summed E-state index contributed by atoms with van der Waals surface area (Å²) in [6.07, 6.45) is 3.12. The Balaban J connectivity index is 2.32. The van der Waals surface area contributed by atoms with Crippen molar-refractivity contribution in [2.45, 2.75) is 6.92 Å². The van der Waals surface area contributed by atoms with Crippen LogP contribution in [-0.4, -0.2) is 18.5 Å². The maximum absolute atomic E-state index is 11.4. The second-order valence-corrected chi connectivity index (χ2v) is 4.09. The van der Waals surface area contributed by atoms with Crippen LogP contribution in [-0.2, 0) is 4.79 Å². The number of carbonyl (C=O) groups is 1. The number of nitrogens with one attached hydrogen (secondary N) is 1. The molecular formula is C14H15N3O. The number of rotatable bonds is 2. The van der Waals surface area contributed by atoms with E-state index in [1.54, 1.807) is 13.0 Å². The van der Waals surface area contributed by atoms with E-state index in [1.165, 1.54) is 6.08 Å². The summed E-state index contributed by atoms with van der Waals surface area (Å²) >= 11 is 0. The highest BCUT2D eigenvalue weighted by atomic mass is 16.1. The minimum absolute atomic E-state index is 0.0584. The van der Waals surface area contributed by atoms with Crippen molar-refractivity contribution in [1.82, 2.24) is 0 Å². The van der Waals surface area contributed by atoms with E-state index >= 15 is 0 Å². The molecule has 1 aliphatic rings. The van der Waals surface area contributed by atoms with E-state index in [2.05, 4.69) is 10.3 Å². The molecule has 0 atom stereocenters. The highest BCUT2D eigenvalue weighted by Crippen LogP contribution is 2.18. The molecule has 3 N–H and O–H groups in total. The molecule has 1 aromatic carbocycles. The molecule has 0 saturated carbocycles. The van der Waals surface area contributed by atoms with Gasteiger partial charge in [0, 0.05) is 18.8 Å². The first-order chi connectivity index (χ1) is 8.60. The van der Waals surface area contributed by atoms with E-state index in [9.17, 15) is 4.79 Å². The molecule has 0 amide bonds. The van der Waals surface area contributed by atoms with Gasteiger partial charge in [0.2, 0.25) is 0 Å². The fraction of sp³-hybridized carbons (Fsp3) is 0.143. The normalized spacial score (nSPS) is 17.4. The summed E-state index contributed by atoms with van der Waals surface area (Å²) in [5.41, 5.74) is 9.30. The van der Waals surface area contributed by atoms with Gasteiger partial charge in [0.25, 0.3) is 0 Å². The lowest BCUT2D eigenvalue weighted by Crippen LogP contribution is -2.17. The second kappa shape index (κ2) is 4.87. The Labute approximate surface area is 106 Å². The summed E-state index contributed by atoms with van der Waals surface area (Å²) in [6, 6.07) is 7.66. The van der Waals surface area contributed by atoms with Crippen LogP contribution in [0.5, 0.6) is 0 Å². The van der Waals surface area contributed by atoms with Crippen molar-refractivity contribution in [2.24, 2.45) is 10.7 Å². The van der Waals surface area contributed by atoms with Crippen LogP contribution in [0.1, 0.15) is 6.92 Å². The number of ketones is 1. The average molecular weight is 241 g/mol. The number of aliphatic imine (C=N–C) groups is 1. The molecule has 18 heavy (non-hydrogen) atoms. The van der Waals surface area contributed by atoms with Crippen molar-refractivity contribution in [3.63, 3.8) is 0 Å². The van der Waals surface area contributed by atoms with Gasteiger partial charge in [-0.25, -0.2) is 4.99 Å². The number of nitrogens with zero attached hydrogens (tertiary/aromatic N) is 1. The molecule has 0 heterocycles. The minimum atomic E-state index is -0.0584. The van der Waals surface area contributed by atoms with Crippen LogP contribution < -0.4 is 11.1 Å². The molecule has 2 rings (SSSR count). The van der Waals surface area contributed by atoms with Crippen LogP contribution in [0.2, 0.25) is 0 Å². The third kappa shape index (κ3) is 2.48. The van der Waals surface area contributed by atoms with Gasteiger partial charge in [-0.15, -0.1) is 0 Å². The van der Waals surface area contributed by atoms with E-state index in [1.807, 2.05) is 31.3 Å². The molecule has 0 aliphatic heterocycles. The Morgan fingerprint density at radius 3 is 2.44 bits per heavy atom. The molecule has 0 saturated heterocycles. The fourth-order valence-corrected chi connectivity index (χ4v) is 1.63. The molecule has 0 spiro atoms. The van der Waals surface area contributed by atoms with Gasteiger partial charge in [-0.3, -0.25) is 4.79 Å². The van der Waals surface area contributed by atoms with Crippen LogP contribution in [0.15, 0.2) is 52.7 Å². The average Bonchev–Trinajstić information content (AvgIpc) is 2.37. The Kier molecular flexibility index (Phi) is 3.28. The van der Waals surface area contributed by atoms with Crippen LogP contribution in [0.4, 0.5) is 11.4 Å². The van der Waals surface area contributed by atoms with Crippen molar-refractivity contribution >= 4 is 22.9 Å². The SMILES string of the molecule is CNc1ccc(N=C2C=C(C)C(=O)C=C2N)cc1. The summed E-state index contributed by atoms with van der Waals surface area (Å²) in [5.74, 6) is -0.0584. The summed E-state index contributed by atoms with van der Waals surface area (Å²) in [6.45, 7) is 1.75. The number of nitrogens with two attached hydrogens (primary N) is 1. The van der Waals surface area contributed by atoms with Gasteiger partial charge < -0.3 is 11.1 Å². The molecule has 4 nitrogen and oxygen atoms in total. The Morgan fingerprint density at radius 1 is 1.17 bits per heavy atom. The Hall–Kier alpha value is -2.36. The van der Waals surface area contributed by atoms with Gasteiger partial charge in [0.15, 0.2) is 5.78 Å². The molecule has 0 unspecified atom stereocenters. The molecule has 1 aromatic rings. The van der Waals surface area contributed by atoms with Crippen molar-refractivity contribution in [3.8, 4) is 0 Å². The minimum Gasteiger partial charge on any atom is -0.397 e. The molecule has 0 radical (unpaired) electrons. The smallest absolute Gasteiger partial charge is 0.183 e. The molecule has 0 bridgehead atoms. The van der Waals surface area contributed by atoms with E-state index in [0.29, 0.717) is 17.0 Å². The fourth-order valence-electron chi connectivity index (χ4n) is 1.63. The van der Waals surface area contributed by atoms with Gasteiger partial charge in [0.05, 0.1) is 17.1 Å². The molecule has 0 fully saturated rings. The highest BCUT2D eigenvalue weighted by Gasteiger charge is 2.13. The van der Waals surface area contributed by atoms with Gasteiger partial charge in [-0.1, -0.05) is 0 Å². The number of hydrogen-bond donors (Lipinski definition) is 2. The maximum atomic E-state index is 11.4. The third-order valence-corrected chi connectivity index (χ3v) is 2.73. The van der Waals surface area contributed by atoms with Crippen LogP contribution in [0.25, 0.3) is 0 Å². The van der Waals surface area contributed by atoms with Crippen LogP contribution in [0.3, 0.4) is 0 Å². The quantitative estimate of drug-likeness (QED) is 0.780. The Bertz CT molecular complexity index is 565. The molecule has 4 heteroatoms. The number of anilines is 1. The zero-order valence-corrected chi connectivity index (χ0v) is 10.4. The topological polar surface area (TPSA) is 67.5 Å². The molecule has 1 aliphatic carbocycles. The van der Waals surface area contributed by atoms with Gasteiger partial charge >= 0.3 is 0 Å². The van der Waals surface area contributed by atoms with E-state index in [0.717, 1.165) is 11.4 Å². The molecular weight excluding hydrogens is 226 g/mol. The van der Waals surface area contributed by atoms with Gasteiger partial charge in [-0.05, 0) is 42.8 Å².